The zero-order valence-corrected chi connectivity index (χ0v) is 17.4. The van der Waals surface area contributed by atoms with E-state index in [0.717, 1.165) is 41.1 Å². The van der Waals surface area contributed by atoms with Crippen LogP contribution < -0.4 is 16.0 Å². The van der Waals surface area contributed by atoms with Gasteiger partial charge in [0.15, 0.2) is 0 Å². The molecule has 0 bridgehead atoms. The first-order valence-corrected chi connectivity index (χ1v) is 10.3. The minimum atomic E-state index is -4.63. The van der Waals surface area contributed by atoms with Crippen molar-refractivity contribution in [1.29, 1.82) is 0 Å². The van der Waals surface area contributed by atoms with E-state index in [4.69, 9.17) is 0 Å². The van der Waals surface area contributed by atoms with E-state index in [-0.39, 0.29) is 12.6 Å². The van der Waals surface area contributed by atoms with Crippen LogP contribution in [-0.2, 0) is 12.7 Å². The number of carbonyl (C=O) groups excluding carboxylic acids is 1. The van der Waals surface area contributed by atoms with Crippen molar-refractivity contribution in [2.75, 3.05) is 18.4 Å². The Hall–Kier alpha value is -3.50. The van der Waals surface area contributed by atoms with Gasteiger partial charge in [-0.15, -0.1) is 5.92 Å². The maximum Gasteiger partial charge on any atom is 0.417 e. The van der Waals surface area contributed by atoms with Crippen molar-refractivity contribution < 1.29 is 18.0 Å². The Kier molecular flexibility index (Phi) is 6.06. The molecular weight excluding hydrogens is 415 g/mol. The number of benzene rings is 3. The Morgan fingerprint density at radius 3 is 2.50 bits per heavy atom. The Balaban J connectivity index is 1.60. The molecule has 4 nitrogen and oxygen atoms in total. The average molecular weight is 437 g/mol. The molecule has 0 spiro atoms. The number of carbonyl (C=O) groups is 1. The van der Waals surface area contributed by atoms with Crippen LogP contribution in [0.5, 0.6) is 0 Å². The van der Waals surface area contributed by atoms with E-state index >= 15 is 0 Å². The minimum Gasteiger partial charge on any atom is -0.380 e. The van der Waals surface area contributed by atoms with Crippen molar-refractivity contribution in [2.45, 2.75) is 25.7 Å². The molecule has 0 unspecified atom stereocenters. The highest BCUT2D eigenvalue weighted by Gasteiger charge is 2.35. The molecule has 0 saturated carbocycles. The van der Waals surface area contributed by atoms with Crippen LogP contribution in [-0.4, -0.2) is 25.0 Å². The smallest absolute Gasteiger partial charge is 0.380 e. The first-order valence-electron chi connectivity index (χ1n) is 10.3. The SMILES string of the molecule is CC#Cc1ccc(CNC(=O)c2cc(NC3CNC3)ccc2C(F)(F)F)c2ccccc12. The zero-order chi connectivity index (χ0) is 22.7. The molecule has 0 radical (unpaired) electrons. The van der Waals surface area contributed by atoms with Gasteiger partial charge in [0.1, 0.15) is 0 Å². The molecule has 0 aliphatic carbocycles. The minimum absolute atomic E-state index is 0.0979. The van der Waals surface area contributed by atoms with Crippen LogP contribution in [0, 0.1) is 11.8 Å². The van der Waals surface area contributed by atoms with Crippen LogP contribution in [0.25, 0.3) is 10.8 Å². The van der Waals surface area contributed by atoms with Gasteiger partial charge in [0.2, 0.25) is 0 Å². The summed E-state index contributed by atoms with van der Waals surface area (Å²) in [7, 11) is 0. The summed E-state index contributed by atoms with van der Waals surface area (Å²) in [5.41, 5.74) is 0.807. The van der Waals surface area contributed by atoms with Gasteiger partial charge in [-0.2, -0.15) is 13.2 Å². The molecular formula is C25H22F3N3O. The van der Waals surface area contributed by atoms with Gasteiger partial charge in [0, 0.05) is 30.9 Å². The molecule has 1 heterocycles. The predicted octanol–water partition coefficient (Wildman–Crippen LogP) is 4.54. The molecule has 7 heteroatoms. The number of hydrogen-bond acceptors (Lipinski definition) is 3. The fourth-order valence-corrected chi connectivity index (χ4v) is 3.73. The fourth-order valence-electron chi connectivity index (χ4n) is 3.73. The molecule has 32 heavy (non-hydrogen) atoms. The summed E-state index contributed by atoms with van der Waals surface area (Å²) in [4.78, 5) is 12.8. The first kappa shape index (κ1) is 21.7. The van der Waals surface area contributed by atoms with E-state index in [1.54, 1.807) is 6.92 Å². The van der Waals surface area contributed by atoms with Crippen LogP contribution in [0.15, 0.2) is 54.6 Å². The van der Waals surface area contributed by atoms with E-state index < -0.39 is 23.2 Å². The number of anilines is 1. The monoisotopic (exact) mass is 437 g/mol. The maximum absolute atomic E-state index is 13.5. The van der Waals surface area contributed by atoms with Gasteiger partial charge in [-0.25, -0.2) is 0 Å². The van der Waals surface area contributed by atoms with Crippen molar-refractivity contribution in [3.05, 3.63) is 76.9 Å². The van der Waals surface area contributed by atoms with Crippen LogP contribution in [0.1, 0.15) is 34.0 Å². The highest BCUT2D eigenvalue weighted by Crippen LogP contribution is 2.33. The normalized spacial score (nSPS) is 13.8. The number of fused-ring (bicyclic) bond motifs is 1. The molecule has 1 aliphatic heterocycles. The van der Waals surface area contributed by atoms with Crippen molar-refractivity contribution in [2.24, 2.45) is 0 Å². The van der Waals surface area contributed by atoms with E-state index in [1.807, 2.05) is 36.4 Å². The molecule has 0 aromatic heterocycles. The fraction of sp³-hybridized carbons (Fsp3) is 0.240. The van der Waals surface area contributed by atoms with Gasteiger partial charge in [0.25, 0.3) is 5.91 Å². The van der Waals surface area contributed by atoms with Gasteiger partial charge < -0.3 is 16.0 Å². The molecule has 3 aromatic carbocycles. The van der Waals surface area contributed by atoms with E-state index in [9.17, 15) is 18.0 Å². The van der Waals surface area contributed by atoms with Gasteiger partial charge in [-0.05, 0) is 47.5 Å². The number of nitrogens with one attached hydrogen (secondary N) is 3. The van der Waals surface area contributed by atoms with Gasteiger partial charge in [0.05, 0.1) is 17.2 Å². The summed E-state index contributed by atoms with van der Waals surface area (Å²) in [6, 6.07) is 15.1. The van der Waals surface area contributed by atoms with Crippen LogP contribution >= 0.6 is 0 Å². The lowest BCUT2D eigenvalue weighted by molar-refractivity contribution is -0.137. The summed E-state index contributed by atoms with van der Waals surface area (Å²) in [6.07, 6.45) is -4.63. The summed E-state index contributed by atoms with van der Waals surface area (Å²) in [5.74, 6) is 5.16. The highest BCUT2D eigenvalue weighted by molar-refractivity contribution is 5.97. The van der Waals surface area contributed by atoms with Crippen molar-refractivity contribution >= 4 is 22.4 Å². The van der Waals surface area contributed by atoms with Gasteiger partial charge >= 0.3 is 6.18 Å². The largest absolute Gasteiger partial charge is 0.417 e. The number of halogens is 3. The highest BCUT2D eigenvalue weighted by atomic mass is 19.4. The predicted molar refractivity (Wildman–Crippen MR) is 119 cm³/mol. The van der Waals surface area contributed by atoms with Crippen LogP contribution in [0.2, 0.25) is 0 Å². The van der Waals surface area contributed by atoms with E-state index in [1.165, 1.54) is 12.1 Å². The third-order valence-corrected chi connectivity index (χ3v) is 5.44. The molecule has 164 valence electrons. The number of hydrogen-bond donors (Lipinski definition) is 3. The number of alkyl halides is 3. The summed E-state index contributed by atoms with van der Waals surface area (Å²) in [5, 5.41) is 10.7. The maximum atomic E-state index is 13.5. The third-order valence-electron chi connectivity index (χ3n) is 5.44. The number of amides is 1. The van der Waals surface area contributed by atoms with Crippen molar-refractivity contribution in [3.8, 4) is 11.8 Å². The van der Waals surface area contributed by atoms with Crippen molar-refractivity contribution in [3.63, 3.8) is 0 Å². The average Bonchev–Trinajstić information content (AvgIpc) is 2.75. The van der Waals surface area contributed by atoms with Crippen LogP contribution in [0.3, 0.4) is 0 Å². The summed E-state index contributed by atoms with van der Waals surface area (Å²) < 4.78 is 40.6. The summed E-state index contributed by atoms with van der Waals surface area (Å²) in [6.45, 7) is 3.31. The zero-order valence-electron chi connectivity index (χ0n) is 17.4. The van der Waals surface area contributed by atoms with Gasteiger partial charge in [-0.3, -0.25) is 4.79 Å². The second kappa shape index (κ2) is 8.93. The molecule has 1 aliphatic rings. The lowest BCUT2D eigenvalue weighted by Gasteiger charge is -2.29. The first-order chi connectivity index (χ1) is 15.4. The van der Waals surface area contributed by atoms with E-state index in [2.05, 4.69) is 27.8 Å². The second-order valence-electron chi connectivity index (χ2n) is 7.63. The van der Waals surface area contributed by atoms with Crippen molar-refractivity contribution in [1.82, 2.24) is 10.6 Å². The van der Waals surface area contributed by atoms with E-state index in [0.29, 0.717) is 5.69 Å². The molecule has 3 N–H and O–H groups in total. The quantitative estimate of drug-likeness (QED) is 0.514. The Bertz CT molecular complexity index is 1220. The lowest BCUT2D eigenvalue weighted by atomic mass is 9.99. The standard InChI is InChI=1S/C25H22F3N3O/c1-2-5-16-8-9-17(21-7-4-3-6-20(16)21)13-30-24(32)22-12-18(31-19-14-29-15-19)10-11-23(22)25(26,27)28/h3-4,6-12,19,29,31H,13-15H2,1H3,(H,30,32). The molecule has 1 saturated heterocycles. The Labute approximate surface area is 184 Å². The third kappa shape index (κ3) is 4.56. The summed E-state index contributed by atoms with van der Waals surface area (Å²) >= 11 is 0. The van der Waals surface area contributed by atoms with Gasteiger partial charge in [-0.1, -0.05) is 36.3 Å². The topological polar surface area (TPSA) is 53.2 Å². The molecule has 4 rings (SSSR count). The second-order valence-corrected chi connectivity index (χ2v) is 7.63. The lowest BCUT2D eigenvalue weighted by Crippen LogP contribution is -2.51. The van der Waals surface area contributed by atoms with Crippen LogP contribution in [0.4, 0.5) is 18.9 Å². The Morgan fingerprint density at radius 1 is 1.09 bits per heavy atom. The molecule has 1 fully saturated rings. The molecule has 3 aromatic rings. The molecule has 1 amide bonds. The number of rotatable bonds is 5. The molecule has 0 atom stereocenters. The Morgan fingerprint density at radius 2 is 1.84 bits per heavy atom.